The van der Waals surface area contributed by atoms with Crippen LogP contribution in [0.1, 0.15) is 12.0 Å². The Balaban J connectivity index is 1.84. The molecule has 4 nitrogen and oxygen atoms in total. The van der Waals surface area contributed by atoms with Crippen LogP contribution < -0.4 is 0 Å². The maximum Gasteiger partial charge on any atom is 0.131 e. The van der Waals surface area contributed by atoms with E-state index in [2.05, 4.69) is 20.9 Å². The van der Waals surface area contributed by atoms with Crippen LogP contribution in [0, 0.1) is 11.3 Å². The maximum atomic E-state index is 8.58. The van der Waals surface area contributed by atoms with Gasteiger partial charge >= 0.3 is 0 Å². The first-order valence-corrected chi connectivity index (χ1v) is 7.06. The lowest BCUT2D eigenvalue weighted by Crippen LogP contribution is -2.46. The predicted octanol–water partition coefficient (Wildman–Crippen LogP) is 2.42. The number of hydrogen-bond donors (Lipinski definition) is 0. The first-order valence-electron chi connectivity index (χ1n) is 6.31. The van der Waals surface area contributed by atoms with E-state index >= 15 is 0 Å². The van der Waals surface area contributed by atoms with E-state index in [4.69, 9.17) is 28.5 Å². The van der Waals surface area contributed by atoms with Crippen LogP contribution in [0.25, 0.3) is 0 Å². The molecule has 0 spiro atoms. The number of piperazine rings is 1. The van der Waals surface area contributed by atoms with Crippen LogP contribution >= 0.6 is 23.2 Å². The minimum atomic E-state index is 0.440. The van der Waals surface area contributed by atoms with Crippen molar-refractivity contribution in [2.45, 2.75) is 13.0 Å². The molecule has 1 aliphatic rings. The van der Waals surface area contributed by atoms with E-state index in [0.29, 0.717) is 16.7 Å². The molecule has 102 valence electrons. The van der Waals surface area contributed by atoms with E-state index in [-0.39, 0.29) is 0 Å². The van der Waals surface area contributed by atoms with Gasteiger partial charge in [-0.2, -0.15) is 5.26 Å². The van der Waals surface area contributed by atoms with Crippen molar-refractivity contribution in [3.8, 4) is 6.07 Å². The van der Waals surface area contributed by atoms with Gasteiger partial charge in [0.2, 0.25) is 0 Å². The highest BCUT2D eigenvalue weighted by atomic mass is 35.5. The molecule has 0 atom stereocenters. The molecule has 1 aromatic rings. The number of nitrogens with zero attached hydrogens (tertiary/aromatic N) is 4. The average Bonchev–Trinajstić information content (AvgIpc) is 2.37. The van der Waals surface area contributed by atoms with Crippen LogP contribution in [0.4, 0.5) is 0 Å². The van der Waals surface area contributed by atoms with Crippen LogP contribution in [-0.4, -0.2) is 47.5 Å². The third kappa shape index (κ3) is 4.63. The van der Waals surface area contributed by atoms with Gasteiger partial charge in [-0.1, -0.05) is 23.2 Å². The fourth-order valence-electron chi connectivity index (χ4n) is 2.24. The van der Waals surface area contributed by atoms with Gasteiger partial charge in [0.15, 0.2) is 0 Å². The first kappa shape index (κ1) is 14.5. The maximum absolute atomic E-state index is 8.58. The zero-order chi connectivity index (χ0) is 13.7. The molecule has 0 aromatic carbocycles. The Morgan fingerprint density at radius 2 is 1.68 bits per heavy atom. The lowest BCUT2D eigenvalue weighted by Gasteiger charge is -2.34. The van der Waals surface area contributed by atoms with E-state index in [0.717, 1.165) is 44.8 Å². The average molecular weight is 299 g/mol. The smallest absolute Gasteiger partial charge is 0.131 e. The fourth-order valence-corrected chi connectivity index (χ4v) is 2.75. The van der Waals surface area contributed by atoms with Gasteiger partial charge in [0.1, 0.15) is 10.3 Å². The van der Waals surface area contributed by atoms with E-state index in [1.54, 1.807) is 0 Å². The molecule has 1 aliphatic heterocycles. The van der Waals surface area contributed by atoms with E-state index < -0.39 is 0 Å². The molecule has 1 saturated heterocycles. The molecular weight excluding hydrogens is 283 g/mol. The first-order chi connectivity index (χ1) is 9.17. The summed E-state index contributed by atoms with van der Waals surface area (Å²) in [6, 6.07) is 5.90. The van der Waals surface area contributed by atoms with Crippen LogP contribution in [0.3, 0.4) is 0 Å². The molecule has 0 amide bonds. The molecule has 0 radical (unpaired) electrons. The Labute approximate surface area is 123 Å². The van der Waals surface area contributed by atoms with E-state index in [1.165, 1.54) is 0 Å². The Kier molecular flexibility index (Phi) is 5.41. The minimum Gasteiger partial charge on any atom is -0.300 e. The molecule has 0 saturated carbocycles. The zero-order valence-corrected chi connectivity index (χ0v) is 12.2. The predicted molar refractivity (Wildman–Crippen MR) is 76.2 cm³/mol. The fraction of sp³-hybridized carbons (Fsp3) is 0.538. The summed E-state index contributed by atoms with van der Waals surface area (Å²) >= 11 is 11.8. The second kappa shape index (κ2) is 7.06. The van der Waals surface area contributed by atoms with Crippen molar-refractivity contribution >= 4 is 23.2 Å². The number of pyridine rings is 1. The van der Waals surface area contributed by atoms with Crippen LogP contribution in [-0.2, 0) is 6.54 Å². The highest BCUT2D eigenvalue weighted by Crippen LogP contribution is 2.17. The minimum absolute atomic E-state index is 0.440. The molecule has 0 aliphatic carbocycles. The zero-order valence-electron chi connectivity index (χ0n) is 10.6. The normalized spacial score (nSPS) is 17.3. The molecule has 19 heavy (non-hydrogen) atoms. The summed E-state index contributed by atoms with van der Waals surface area (Å²) in [5, 5.41) is 9.46. The highest BCUT2D eigenvalue weighted by molar-refractivity contribution is 6.32. The third-order valence-electron chi connectivity index (χ3n) is 3.23. The summed E-state index contributed by atoms with van der Waals surface area (Å²) < 4.78 is 0. The Morgan fingerprint density at radius 3 is 2.26 bits per heavy atom. The molecule has 0 N–H and O–H groups in total. The van der Waals surface area contributed by atoms with Gasteiger partial charge in [-0.05, 0) is 17.7 Å². The molecule has 2 rings (SSSR count). The van der Waals surface area contributed by atoms with Gasteiger partial charge < -0.3 is 0 Å². The lowest BCUT2D eigenvalue weighted by molar-refractivity contribution is 0.129. The summed E-state index contributed by atoms with van der Waals surface area (Å²) in [4.78, 5) is 8.64. The molecule has 0 unspecified atom stereocenters. The Morgan fingerprint density at radius 1 is 1.11 bits per heavy atom. The van der Waals surface area contributed by atoms with Gasteiger partial charge in [0, 0.05) is 45.7 Å². The molecule has 1 fully saturated rings. The largest absolute Gasteiger partial charge is 0.300 e. The summed E-state index contributed by atoms with van der Waals surface area (Å²) in [6.45, 7) is 5.74. The van der Waals surface area contributed by atoms with Crippen molar-refractivity contribution < 1.29 is 0 Å². The van der Waals surface area contributed by atoms with Gasteiger partial charge in [-0.3, -0.25) is 9.80 Å². The number of halogens is 2. The standard InChI is InChI=1S/C13H16Cl2N4/c14-12-8-11(9-13(15)17-12)10-19-6-4-18(5-7-19)3-1-2-16/h8-9H,1,3-7,10H2. The monoisotopic (exact) mass is 298 g/mol. The van der Waals surface area contributed by atoms with Crippen LogP contribution in [0.15, 0.2) is 12.1 Å². The highest BCUT2D eigenvalue weighted by Gasteiger charge is 2.16. The van der Waals surface area contributed by atoms with Crippen molar-refractivity contribution in [3.05, 3.63) is 28.0 Å². The van der Waals surface area contributed by atoms with E-state index in [9.17, 15) is 0 Å². The van der Waals surface area contributed by atoms with Crippen molar-refractivity contribution in [2.75, 3.05) is 32.7 Å². The summed E-state index contributed by atoms with van der Waals surface area (Å²) in [7, 11) is 0. The topological polar surface area (TPSA) is 43.2 Å². The second-order valence-corrected chi connectivity index (χ2v) is 5.42. The Bertz CT molecular complexity index is 444. The van der Waals surface area contributed by atoms with Crippen molar-refractivity contribution in [1.82, 2.24) is 14.8 Å². The third-order valence-corrected chi connectivity index (χ3v) is 3.62. The molecular formula is C13H16Cl2N4. The molecule has 2 heterocycles. The Hall–Kier alpha value is -0.860. The number of aromatic nitrogens is 1. The number of hydrogen-bond acceptors (Lipinski definition) is 4. The molecule has 6 heteroatoms. The number of nitriles is 1. The SMILES string of the molecule is N#CCCN1CCN(Cc2cc(Cl)nc(Cl)c2)CC1. The van der Waals surface area contributed by atoms with Gasteiger partial charge in [-0.25, -0.2) is 4.98 Å². The number of rotatable bonds is 4. The second-order valence-electron chi connectivity index (χ2n) is 4.65. The van der Waals surface area contributed by atoms with Crippen LogP contribution in [0.5, 0.6) is 0 Å². The van der Waals surface area contributed by atoms with Crippen LogP contribution in [0.2, 0.25) is 10.3 Å². The van der Waals surface area contributed by atoms with Crippen molar-refractivity contribution in [3.63, 3.8) is 0 Å². The van der Waals surface area contributed by atoms with Crippen molar-refractivity contribution in [2.24, 2.45) is 0 Å². The van der Waals surface area contributed by atoms with Gasteiger partial charge in [-0.15, -0.1) is 0 Å². The van der Waals surface area contributed by atoms with Gasteiger partial charge in [0.05, 0.1) is 6.07 Å². The van der Waals surface area contributed by atoms with Gasteiger partial charge in [0.25, 0.3) is 0 Å². The molecule has 1 aromatic heterocycles. The quantitative estimate of drug-likeness (QED) is 0.801. The van der Waals surface area contributed by atoms with Crippen molar-refractivity contribution in [1.29, 1.82) is 5.26 Å². The van der Waals surface area contributed by atoms with E-state index in [1.807, 2.05) is 12.1 Å². The lowest BCUT2D eigenvalue weighted by atomic mass is 10.2. The summed E-state index contributed by atoms with van der Waals surface area (Å²) in [5.41, 5.74) is 1.09. The summed E-state index contributed by atoms with van der Waals surface area (Å²) in [6.07, 6.45) is 0.607. The summed E-state index contributed by atoms with van der Waals surface area (Å²) in [5.74, 6) is 0. The molecule has 0 bridgehead atoms.